The van der Waals surface area contributed by atoms with Crippen molar-refractivity contribution >= 4 is 5.97 Å². The van der Waals surface area contributed by atoms with Crippen LogP contribution in [0.3, 0.4) is 0 Å². The molecule has 2 heterocycles. The van der Waals surface area contributed by atoms with Crippen LogP contribution in [-0.2, 0) is 4.79 Å². The van der Waals surface area contributed by atoms with Crippen molar-refractivity contribution in [1.29, 1.82) is 0 Å². The summed E-state index contributed by atoms with van der Waals surface area (Å²) >= 11 is 0. The fourth-order valence-electron chi connectivity index (χ4n) is 3.50. The minimum atomic E-state index is -0.645. The molecule has 0 aromatic rings. The molecule has 2 fully saturated rings. The van der Waals surface area contributed by atoms with Gasteiger partial charge in [-0.05, 0) is 66.1 Å². The van der Waals surface area contributed by atoms with E-state index >= 15 is 0 Å². The molecule has 0 amide bonds. The van der Waals surface area contributed by atoms with Crippen LogP contribution >= 0.6 is 0 Å². The first-order chi connectivity index (χ1) is 8.45. The van der Waals surface area contributed by atoms with Gasteiger partial charge in [0.05, 0.1) is 0 Å². The summed E-state index contributed by atoms with van der Waals surface area (Å²) in [4.78, 5) is 16.3. The summed E-state index contributed by atoms with van der Waals surface area (Å²) < 4.78 is 0. The topological polar surface area (TPSA) is 43.8 Å². The molecule has 3 atom stereocenters. The average molecular weight is 254 g/mol. The second-order valence-electron chi connectivity index (χ2n) is 6.24. The number of hydrogen-bond acceptors (Lipinski definition) is 3. The van der Waals surface area contributed by atoms with Crippen molar-refractivity contribution in [3.05, 3.63) is 0 Å². The number of carboxylic acid groups (broad SMARTS) is 1. The standard InChI is InChI=1S/C14H26N2O2/c1-11-10-12(6-9-15(11)3)16-8-5-4-7-14(16,2)13(17)18/h11-12H,4-10H2,1-3H3,(H,17,18). The molecule has 0 radical (unpaired) electrons. The molecule has 0 aromatic carbocycles. The molecule has 4 heteroatoms. The largest absolute Gasteiger partial charge is 0.480 e. The number of nitrogens with zero attached hydrogens (tertiary/aromatic N) is 2. The van der Waals surface area contributed by atoms with Crippen LogP contribution in [0.2, 0.25) is 0 Å². The molecule has 1 N–H and O–H groups in total. The van der Waals surface area contributed by atoms with Gasteiger partial charge < -0.3 is 10.0 Å². The van der Waals surface area contributed by atoms with Crippen molar-refractivity contribution in [2.24, 2.45) is 0 Å². The fraction of sp³-hybridized carbons (Fsp3) is 0.929. The highest BCUT2D eigenvalue weighted by atomic mass is 16.4. The van der Waals surface area contributed by atoms with Crippen LogP contribution < -0.4 is 0 Å². The van der Waals surface area contributed by atoms with E-state index in [1.807, 2.05) is 6.92 Å². The Bertz CT molecular complexity index is 321. The lowest BCUT2D eigenvalue weighted by Crippen LogP contribution is -2.61. The zero-order chi connectivity index (χ0) is 13.3. The second-order valence-corrected chi connectivity index (χ2v) is 6.24. The van der Waals surface area contributed by atoms with Gasteiger partial charge in [0, 0.05) is 12.1 Å². The van der Waals surface area contributed by atoms with E-state index in [0.29, 0.717) is 12.1 Å². The van der Waals surface area contributed by atoms with Crippen LogP contribution in [-0.4, -0.2) is 58.6 Å². The summed E-state index contributed by atoms with van der Waals surface area (Å²) in [5.41, 5.74) is -0.640. The molecule has 0 aliphatic carbocycles. The summed E-state index contributed by atoms with van der Waals surface area (Å²) in [5, 5.41) is 9.56. The molecule has 104 valence electrons. The normalized spacial score (nSPS) is 39.7. The zero-order valence-corrected chi connectivity index (χ0v) is 11.9. The highest BCUT2D eigenvalue weighted by Gasteiger charge is 2.45. The van der Waals surface area contributed by atoms with Crippen molar-refractivity contribution in [3.63, 3.8) is 0 Å². The highest BCUT2D eigenvalue weighted by molar-refractivity contribution is 5.78. The number of aliphatic carboxylic acids is 1. The van der Waals surface area contributed by atoms with Crippen LogP contribution in [0.4, 0.5) is 0 Å². The van der Waals surface area contributed by atoms with E-state index in [4.69, 9.17) is 0 Å². The van der Waals surface area contributed by atoms with E-state index in [0.717, 1.165) is 45.2 Å². The summed E-state index contributed by atoms with van der Waals surface area (Å²) in [6, 6.07) is 1.00. The van der Waals surface area contributed by atoms with Crippen LogP contribution in [0, 0.1) is 0 Å². The van der Waals surface area contributed by atoms with Crippen LogP contribution in [0.1, 0.15) is 46.0 Å². The summed E-state index contributed by atoms with van der Waals surface area (Å²) in [7, 11) is 2.16. The highest BCUT2D eigenvalue weighted by Crippen LogP contribution is 2.34. The first-order valence-electron chi connectivity index (χ1n) is 7.15. The fourth-order valence-corrected chi connectivity index (χ4v) is 3.50. The van der Waals surface area contributed by atoms with E-state index < -0.39 is 11.5 Å². The SMILES string of the molecule is CC1CC(N2CCCCC2(C)C(=O)O)CCN1C. The molecule has 4 nitrogen and oxygen atoms in total. The van der Waals surface area contributed by atoms with Gasteiger partial charge in [-0.25, -0.2) is 0 Å². The van der Waals surface area contributed by atoms with Gasteiger partial charge in [0.1, 0.15) is 5.54 Å². The third kappa shape index (κ3) is 2.41. The Hall–Kier alpha value is -0.610. The van der Waals surface area contributed by atoms with E-state index in [9.17, 15) is 9.90 Å². The third-order valence-electron chi connectivity index (χ3n) is 5.03. The molecule has 0 bridgehead atoms. The lowest BCUT2D eigenvalue weighted by atomic mass is 9.84. The number of rotatable bonds is 2. The van der Waals surface area contributed by atoms with Crippen molar-refractivity contribution in [3.8, 4) is 0 Å². The van der Waals surface area contributed by atoms with Gasteiger partial charge in [-0.1, -0.05) is 0 Å². The molecule has 3 unspecified atom stereocenters. The number of likely N-dealkylation sites (tertiary alicyclic amines) is 2. The predicted octanol–water partition coefficient (Wildman–Crippen LogP) is 1.80. The van der Waals surface area contributed by atoms with E-state index in [1.165, 1.54) is 0 Å². The zero-order valence-electron chi connectivity index (χ0n) is 11.9. The maximum absolute atomic E-state index is 11.6. The molecule has 2 aliphatic rings. The Morgan fingerprint density at radius 1 is 1.33 bits per heavy atom. The molecule has 0 saturated carbocycles. The molecular weight excluding hydrogens is 228 g/mol. The average Bonchev–Trinajstić information content (AvgIpc) is 2.33. The van der Waals surface area contributed by atoms with Gasteiger partial charge in [0.2, 0.25) is 0 Å². The van der Waals surface area contributed by atoms with Crippen molar-refractivity contribution in [1.82, 2.24) is 9.80 Å². The van der Waals surface area contributed by atoms with Crippen LogP contribution in [0.15, 0.2) is 0 Å². The molecule has 2 saturated heterocycles. The van der Waals surface area contributed by atoms with E-state index in [-0.39, 0.29) is 0 Å². The van der Waals surface area contributed by atoms with Gasteiger partial charge >= 0.3 is 5.97 Å². The Morgan fingerprint density at radius 2 is 2.06 bits per heavy atom. The molecular formula is C14H26N2O2. The summed E-state index contributed by atoms with van der Waals surface area (Å²) in [6.07, 6.45) is 5.18. The number of carboxylic acids is 1. The Morgan fingerprint density at radius 3 is 2.67 bits per heavy atom. The maximum Gasteiger partial charge on any atom is 0.323 e. The summed E-state index contributed by atoms with van der Waals surface area (Å²) in [6.45, 7) is 6.19. The van der Waals surface area contributed by atoms with Gasteiger partial charge in [0.15, 0.2) is 0 Å². The number of carbonyl (C=O) groups is 1. The molecule has 2 aliphatic heterocycles. The molecule has 0 spiro atoms. The quantitative estimate of drug-likeness (QED) is 0.816. The molecule has 0 aromatic heterocycles. The second kappa shape index (κ2) is 5.17. The van der Waals surface area contributed by atoms with Gasteiger partial charge in [-0.15, -0.1) is 0 Å². The Kier molecular flexibility index (Phi) is 3.97. The van der Waals surface area contributed by atoms with Crippen molar-refractivity contribution in [2.45, 2.75) is 63.6 Å². The van der Waals surface area contributed by atoms with Gasteiger partial charge in [0.25, 0.3) is 0 Å². The predicted molar refractivity (Wildman–Crippen MR) is 71.7 cm³/mol. The molecule has 2 rings (SSSR count). The smallest absolute Gasteiger partial charge is 0.323 e. The minimum Gasteiger partial charge on any atom is -0.480 e. The van der Waals surface area contributed by atoms with E-state index in [2.05, 4.69) is 23.8 Å². The third-order valence-corrected chi connectivity index (χ3v) is 5.03. The van der Waals surface area contributed by atoms with Crippen LogP contribution in [0.25, 0.3) is 0 Å². The first-order valence-corrected chi connectivity index (χ1v) is 7.15. The number of piperidine rings is 2. The van der Waals surface area contributed by atoms with Crippen molar-refractivity contribution < 1.29 is 9.90 Å². The van der Waals surface area contributed by atoms with E-state index in [1.54, 1.807) is 0 Å². The lowest BCUT2D eigenvalue weighted by molar-refractivity contribution is -0.156. The maximum atomic E-state index is 11.6. The van der Waals surface area contributed by atoms with Crippen molar-refractivity contribution in [2.75, 3.05) is 20.1 Å². The Labute approximate surface area is 110 Å². The van der Waals surface area contributed by atoms with Gasteiger partial charge in [-0.3, -0.25) is 9.69 Å². The first kappa shape index (κ1) is 13.8. The Balaban J connectivity index is 2.12. The number of hydrogen-bond donors (Lipinski definition) is 1. The minimum absolute atomic E-state index is 0.442. The summed E-state index contributed by atoms with van der Waals surface area (Å²) in [5.74, 6) is -0.645. The van der Waals surface area contributed by atoms with Gasteiger partial charge in [-0.2, -0.15) is 0 Å². The lowest BCUT2D eigenvalue weighted by Gasteiger charge is -2.49. The van der Waals surface area contributed by atoms with Crippen LogP contribution in [0.5, 0.6) is 0 Å². The monoisotopic (exact) mass is 254 g/mol. The molecule has 18 heavy (non-hydrogen) atoms.